The van der Waals surface area contributed by atoms with E-state index in [0.717, 1.165) is 16.6 Å². The second kappa shape index (κ2) is 4.35. The van der Waals surface area contributed by atoms with Crippen molar-refractivity contribution >= 4 is 26.8 Å². The van der Waals surface area contributed by atoms with Crippen LogP contribution in [0.3, 0.4) is 0 Å². The van der Waals surface area contributed by atoms with Gasteiger partial charge in [0.25, 0.3) is 0 Å². The molecule has 0 bridgehead atoms. The summed E-state index contributed by atoms with van der Waals surface area (Å²) in [6, 6.07) is 6.24. The quantitative estimate of drug-likeness (QED) is 0.870. The van der Waals surface area contributed by atoms with Crippen molar-refractivity contribution in [3.63, 3.8) is 0 Å². The summed E-state index contributed by atoms with van der Waals surface area (Å²) in [4.78, 5) is 4.71. The van der Waals surface area contributed by atoms with Crippen LogP contribution in [0.5, 0.6) is 0 Å². The number of hydrogen-bond donors (Lipinski definition) is 1. The summed E-state index contributed by atoms with van der Waals surface area (Å²) in [6.07, 6.45) is 2.09. The molecule has 0 aliphatic rings. The van der Waals surface area contributed by atoms with Crippen LogP contribution in [0.15, 0.2) is 28.9 Å². The predicted molar refractivity (Wildman–Crippen MR) is 64.3 cm³/mol. The van der Waals surface area contributed by atoms with Gasteiger partial charge in [-0.3, -0.25) is 4.84 Å². The molecule has 0 amide bonds. The molecular formula is C11H13BrN2O. The zero-order chi connectivity index (χ0) is 10.8. The number of benzene rings is 1. The van der Waals surface area contributed by atoms with Crippen molar-refractivity contribution in [1.82, 2.24) is 4.57 Å². The Labute approximate surface area is 96.9 Å². The van der Waals surface area contributed by atoms with E-state index in [9.17, 15) is 0 Å². The van der Waals surface area contributed by atoms with E-state index in [1.807, 2.05) is 6.07 Å². The van der Waals surface area contributed by atoms with Gasteiger partial charge >= 0.3 is 0 Å². The van der Waals surface area contributed by atoms with Crippen LogP contribution in [0.1, 0.15) is 12.5 Å². The smallest absolute Gasteiger partial charge is 0.0950 e. The Bertz CT molecular complexity index is 479. The summed E-state index contributed by atoms with van der Waals surface area (Å²) in [7, 11) is 0. The van der Waals surface area contributed by atoms with E-state index in [1.165, 1.54) is 10.9 Å². The van der Waals surface area contributed by atoms with Gasteiger partial charge in [-0.25, -0.2) is 5.90 Å². The first-order chi connectivity index (χ1) is 7.26. The fraction of sp³-hybridized carbons (Fsp3) is 0.273. The van der Waals surface area contributed by atoms with Crippen molar-refractivity contribution < 1.29 is 4.84 Å². The third kappa shape index (κ3) is 1.93. The highest BCUT2D eigenvalue weighted by Gasteiger charge is 2.07. The molecule has 0 saturated heterocycles. The van der Waals surface area contributed by atoms with Crippen LogP contribution in [-0.4, -0.2) is 4.57 Å². The van der Waals surface area contributed by atoms with Crippen LogP contribution in [0.4, 0.5) is 0 Å². The number of halogens is 1. The average molecular weight is 269 g/mol. The molecule has 2 rings (SSSR count). The number of rotatable bonds is 3. The first-order valence-electron chi connectivity index (χ1n) is 4.85. The summed E-state index contributed by atoms with van der Waals surface area (Å²) in [5.41, 5.74) is 2.34. The Balaban J connectivity index is 2.64. The van der Waals surface area contributed by atoms with E-state index in [2.05, 4.69) is 45.8 Å². The molecule has 0 atom stereocenters. The minimum atomic E-state index is 0.444. The molecule has 0 saturated carbocycles. The van der Waals surface area contributed by atoms with Crippen molar-refractivity contribution in [3.05, 3.63) is 34.4 Å². The van der Waals surface area contributed by atoms with Gasteiger partial charge in [0.05, 0.1) is 6.61 Å². The normalized spacial score (nSPS) is 11.1. The minimum Gasteiger partial charge on any atom is -0.347 e. The molecule has 0 unspecified atom stereocenters. The molecular weight excluding hydrogens is 256 g/mol. The van der Waals surface area contributed by atoms with Gasteiger partial charge in [-0.1, -0.05) is 15.9 Å². The highest BCUT2D eigenvalue weighted by molar-refractivity contribution is 9.10. The maximum atomic E-state index is 5.12. The Morgan fingerprint density at radius 3 is 2.93 bits per heavy atom. The maximum absolute atomic E-state index is 5.12. The molecule has 4 heteroatoms. The van der Waals surface area contributed by atoms with Crippen molar-refractivity contribution in [2.75, 3.05) is 0 Å². The molecule has 2 aromatic rings. The minimum absolute atomic E-state index is 0.444. The van der Waals surface area contributed by atoms with Gasteiger partial charge in [-0.2, -0.15) is 0 Å². The Morgan fingerprint density at radius 1 is 1.47 bits per heavy atom. The fourth-order valence-electron chi connectivity index (χ4n) is 1.81. The lowest BCUT2D eigenvalue weighted by Gasteiger charge is -1.99. The molecule has 15 heavy (non-hydrogen) atoms. The lowest BCUT2D eigenvalue weighted by molar-refractivity contribution is 0.125. The number of fused-ring (bicyclic) bond motifs is 1. The molecule has 3 nitrogen and oxygen atoms in total. The number of nitrogens with zero attached hydrogens (tertiary/aromatic N) is 1. The number of nitrogens with two attached hydrogens (primary N) is 1. The van der Waals surface area contributed by atoms with Crippen LogP contribution < -0.4 is 5.90 Å². The van der Waals surface area contributed by atoms with E-state index in [1.54, 1.807) is 0 Å². The molecule has 0 aliphatic heterocycles. The lowest BCUT2D eigenvalue weighted by atomic mass is 10.2. The lowest BCUT2D eigenvalue weighted by Crippen LogP contribution is -1.98. The van der Waals surface area contributed by atoms with E-state index in [4.69, 9.17) is 10.7 Å². The molecule has 1 aromatic heterocycles. The van der Waals surface area contributed by atoms with E-state index in [0.29, 0.717) is 6.61 Å². The Morgan fingerprint density at radius 2 is 2.27 bits per heavy atom. The van der Waals surface area contributed by atoms with Gasteiger partial charge in [0.15, 0.2) is 0 Å². The van der Waals surface area contributed by atoms with Crippen LogP contribution in [0.2, 0.25) is 0 Å². The van der Waals surface area contributed by atoms with Gasteiger partial charge in [-0.15, -0.1) is 0 Å². The van der Waals surface area contributed by atoms with Crippen molar-refractivity contribution in [2.24, 2.45) is 5.90 Å². The van der Waals surface area contributed by atoms with Crippen LogP contribution in [0.25, 0.3) is 10.9 Å². The molecule has 0 aliphatic carbocycles. The SMILES string of the molecule is CCn1cc(CON)c2cc(Br)ccc21. The summed E-state index contributed by atoms with van der Waals surface area (Å²) < 4.78 is 3.26. The number of aromatic nitrogens is 1. The third-order valence-corrected chi connectivity index (χ3v) is 3.00. The van der Waals surface area contributed by atoms with Gasteiger partial charge in [0.1, 0.15) is 0 Å². The van der Waals surface area contributed by atoms with Gasteiger partial charge < -0.3 is 4.57 Å². The second-order valence-corrected chi connectivity index (χ2v) is 4.33. The number of hydrogen-bond acceptors (Lipinski definition) is 2. The Kier molecular flexibility index (Phi) is 3.09. The predicted octanol–water partition coefficient (Wildman–Crippen LogP) is 2.81. The molecule has 1 heterocycles. The monoisotopic (exact) mass is 268 g/mol. The van der Waals surface area contributed by atoms with Crippen LogP contribution >= 0.6 is 15.9 Å². The van der Waals surface area contributed by atoms with E-state index < -0.39 is 0 Å². The van der Waals surface area contributed by atoms with Crippen LogP contribution in [0, 0.1) is 0 Å². The average Bonchev–Trinajstić information content (AvgIpc) is 2.57. The largest absolute Gasteiger partial charge is 0.347 e. The van der Waals surface area contributed by atoms with Crippen LogP contribution in [-0.2, 0) is 18.0 Å². The molecule has 0 spiro atoms. The maximum Gasteiger partial charge on any atom is 0.0950 e. The first-order valence-corrected chi connectivity index (χ1v) is 5.64. The fourth-order valence-corrected chi connectivity index (χ4v) is 2.17. The molecule has 0 radical (unpaired) electrons. The molecule has 80 valence electrons. The third-order valence-electron chi connectivity index (χ3n) is 2.51. The summed E-state index contributed by atoms with van der Waals surface area (Å²) in [6.45, 7) is 3.51. The topological polar surface area (TPSA) is 40.2 Å². The van der Waals surface area contributed by atoms with Crippen molar-refractivity contribution in [3.8, 4) is 0 Å². The van der Waals surface area contributed by atoms with E-state index in [-0.39, 0.29) is 0 Å². The standard InChI is InChI=1S/C11H13BrN2O/c1-2-14-6-8(7-15-13)10-5-9(12)3-4-11(10)14/h3-6H,2,7,13H2,1H3. The first kappa shape index (κ1) is 10.7. The highest BCUT2D eigenvalue weighted by Crippen LogP contribution is 2.25. The number of aryl methyl sites for hydroxylation is 1. The zero-order valence-electron chi connectivity index (χ0n) is 8.53. The Hall–Kier alpha value is -0.840. The van der Waals surface area contributed by atoms with Gasteiger partial charge in [0, 0.05) is 33.7 Å². The summed E-state index contributed by atoms with van der Waals surface area (Å²) >= 11 is 3.47. The summed E-state index contributed by atoms with van der Waals surface area (Å²) in [5.74, 6) is 5.12. The zero-order valence-corrected chi connectivity index (χ0v) is 10.1. The molecule has 2 N–H and O–H groups in total. The van der Waals surface area contributed by atoms with Gasteiger partial charge in [-0.05, 0) is 25.1 Å². The van der Waals surface area contributed by atoms with E-state index >= 15 is 0 Å². The highest BCUT2D eigenvalue weighted by atomic mass is 79.9. The van der Waals surface area contributed by atoms with Crippen molar-refractivity contribution in [1.29, 1.82) is 0 Å². The van der Waals surface area contributed by atoms with Gasteiger partial charge in [0.2, 0.25) is 0 Å². The second-order valence-electron chi connectivity index (χ2n) is 3.41. The van der Waals surface area contributed by atoms with Crippen molar-refractivity contribution in [2.45, 2.75) is 20.1 Å². The summed E-state index contributed by atoms with van der Waals surface area (Å²) in [5, 5.41) is 1.19. The molecule has 1 aromatic carbocycles. The molecule has 0 fully saturated rings.